The molecule has 0 bridgehead atoms. The summed E-state index contributed by atoms with van der Waals surface area (Å²) in [7, 11) is -2.48. The lowest BCUT2D eigenvalue weighted by Gasteiger charge is -2.17. The second-order valence-electron chi connectivity index (χ2n) is 7.27. The number of nitrogens with one attached hydrogen (secondary N) is 1. The van der Waals surface area contributed by atoms with Crippen LogP contribution in [0.4, 0.5) is 0 Å². The van der Waals surface area contributed by atoms with Crippen LogP contribution in [-0.2, 0) is 21.2 Å². The molecule has 0 fully saturated rings. The summed E-state index contributed by atoms with van der Waals surface area (Å²) in [5, 5.41) is 0. The van der Waals surface area contributed by atoms with Gasteiger partial charge in [-0.05, 0) is 44.2 Å². The monoisotopic (exact) mass is 429 g/mol. The minimum atomic E-state index is -3.74. The van der Waals surface area contributed by atoms with E-state index in [1.165, 1.54) is 31.4 Å². The van der Waals surface area contributed by atoms with Crippen molar-refractivity contribution in [1.82, 2.24) is 4.72 Å². The number of rotatable bonds is 6. The van der Waals surface area contributed by atoms with Gasteiger partial charge in [0.2, 0.25) is 10.0 Å². The molecule has 0 aromatic heterocycles. The molecule has 0 unspecified atom stereocenters. The molecule has 0 aliphatic carbocycles. The van der Waals surface area contributed by atoms with E-state index in [2.05, 4.69) is 21.3 Å². The molecule has 1 heterocycles. The van der Waals surface area contributed by atoms with Crippen LogP contribution in [0.25, 0.3) is 0 Å². The average molecular weight is 429 g/mol. The summed E-state index contributed by atoms with van der Waals surface area (Å²) in [6.45, 7) is 4.08. The number of hydrogen-bond donors (Lipinski definition) is 1. The van der Waals surface area contributed by atoms with Crippen molar-refractivity contribution in [2.24, 2.45) is 0 Å². The first-order valence-electron chi connectivity index (χ1n) is 9.29. The molecule has 0 saturated carbocycles. The Kier molecular flexibility index (Phi) is 6.34. The largest absolute Gasteiger partial charge is 0.483 e. The summed E-state index contributed by atoms with van der Waals surface area (Å²) < 4.78 is 43.2. The molecular formula is C22H23NO6S. The van der Waals surface area contributed by atoms with Crippen LogP contribution >= 0.6 is 0 Å². The van der Waals surface area contributed by atoms with E-state index in [1.54, 1.807) is 0 Å². The lowest BCUT2D eigenvalue weighted by Crippen LogP contribution is -2.24. The third-order valence-electron chi connectivity index (χ3n) is 4.42. The summed E-state index contributed by atoms with van der Waals surface area (Å²) in [5.41, 5.74) is 1.10. The number of ether oxygens (including phenoxy) is 3. The van der Waals surface area contributed by atoms with Crippen molar-refractivity contribution >= 4 is 16.0 Å². The van der Waals surface area contributed by atoms with Crippen LogP contribution in [0.1, 0.15) is 29.8 Å². The highest BCUT2D eigenvalue weighted by atomic mass is 32.2. The van der Waals surface area contributed by atoms with Crippen LogP contribution in [0.2, 0.25) is 0 Å². The van der Waals surface area contributed by atoms with E-state index in [9.17, 15) is 13.2 Å². The zero-order chi connectivity index (χ0) is 21.8. The molecule has 30 heavy (non-hydrogen) atoms. The van der Waals surface area contributed by atoms with Crippen molar-refractivity contribution in [2.45, 2.75) is 30.8 Å². The number of carbonyl (C=O) groups excluding carboxylic acids is 1. The normalized spacial score (nSPS) is 14.1. The number of sulfonamides is 1. The van der Waals surface area contributed by atoms with E-state index in [0.29, 0.717) is 5.75 Å². The van der Waals surface area contributed by atoms with Gasteiger partial charge >= 0.3 is 5.97 Å². The van der Waals surface area contributed by atoms with Crippen LogP contribution < -0.4 is 14.2 Å². The predicted octanol–water partition coefficient (Wildman–Crippen LogP) is 2.55. The quantitative estimate of drug-likeness (QED) is 0.561. The Morgan fingerprint density at radius 2 is 1.90 bits per heavy atom. The molecule has 2 aromatic carbocycles. The number of carbonyl (C=O) groups is 1. The first-order valence-corrected chi connectivity index (χ1v) is 10.8. The van der Waals surface area contributed by atoms with Gasteiger partial charge in [-0.2, -0.15) is 4.72 Å². The maximum absolute atomic E-state index is 12.3. The van der Waals surface area contributed by atoms with E-state index in [4.69, 9.17) is 9.47 Å². The van der Waals surface area contributed by atoms with Crippen molar-refractivity contribution in [3.63, 3.8) is 0 Å². The van der Waals surface area contributed by atoms with Crippen LogP contribution in [-0.4, -0.2) is 40.2 Å². The van der Waals surface area contributed by atoms with Crippen molar-refractivity contribution in [3.05, 3.63) is 53.6 Å². The molecular weight excluding hydrogens is 406 g/mol. The van der Waals surface area contributed by atoms with Crippen LogP contribution in [0.3, 0.4) is 0 Å². The molecule has 0 spiro atoms. The predicted molar refractivity (Wildman–Crippen MR) is 111 cm³/mol. The first-order chi connectivity index (χ1) is 14.2. The van der Waals surface area contributed by atoms with E-state index in [-0.39, 0.29) is 29.2 Å². The van der Waals surface area contributed by atoms with E-state index in [0.717, 1.165) is 17.7 Å². The van der Waals surface area contributed by atoms with Gasteiger partial charge in [-0.1, -0.05) is 24.0 Å². The molecule has 1 aliphatic rings. The van der Waals surface area contributed by atoms with Gasteiger partial charge in [0, 0.05) is 12.0 Å². The van der Waals surface area contributed by atoms with Gasteiger partial charge in [-0.25, -0.2) is 13.2 Å². The van der Waals surface area contributed by atoms with Gasteiger partial charge in [0.15, 0.2) is 11.5 Å². The highest BCUT2D eigenvalue weighted by molar-refractivity contribution is 7.89. The van der Waals surface area contributed by atoms with Crippen molar-refractivity contribution in [3.8, 4) is 23.3 Å². The number of benzene rings is 2. The zero-order valence-electron chi connectivity index (χ0n) is 17.0. The number of para-hydroxylation sites is 1. The summed E-state index contributed by atoms with van der Waals surface area (Å²) in [5.74, 6) is 6.34. The zero-order valence-corrected chi connectivity index (χ0v) is 17.8. The fraction of sp³-hybridized carbons (Fsp3) is 0.318. The molecule has 0 amide bonds. The topological polar surface area (TPSA) is 90.9 Å². The lowest BCUT2D eigenvalue weighted by molar-refractivity contribution is 0.0600. The second-order valence-corrected chi connectivity index (χ2v) is 9.03. The highest BCUT2D eigenvalue weighted by Crippen LogP contribution is 2.41. The number of fused-ring (bicyclic) bond motifs is 1. The number of hydrogen-bond acceptors (Lipinski definition) is 6. The van der Waals surface area contributed by atoms with Crippen molar-refractivity contribution in [1.29, 1.82) is 0 Å². The maximum atomic E-state index is 12.3. The van der Waals surface area contributed by atoms with E-state index in [1.807, 2.05) is 32.0 Å². The fourth-order valence-corrected chi connectivity index (χ4v) is 3.95. The molecule has 0 atom stereocenters. The molecule has 0 saturated heterocycles. The summed E-state index contributed by atoms with van der Waals surface area (Å²) in [6, 6.07) is 11.2. The maximum Gasteiger partial charge on any atom is 0.337 e. The number of esters is 1. The Bertz CT molecular complexity index is 1090. The molecule has 2 aromatic rings. The second kappa shape index (κ2) is 8.78. The third kappa shape index (κ3) is 5.12. The van der Waals surface area contributed by atoms with Crippen molar-refractivity contribution in [2.75, 3.05) is 20.3 Å². The van der Waals surface area contributed by atoms with Crippen molar-refractivity contribution < 1.29 is 27.4 Å². The molecule has 158 valence electrons. The van der Waals surface area contributed by atoms with Crippen LogP contribution in [0.15, 0.2) is 47.4 Å². The Hall–Kier alpha value is -3.02. The Morgan fingerprint density at radius 1 is 1.17 bits per heavy atom. The van der Waals surface area contributed by atoms with Gasteiger partial charge in [-0.15, -0.1) is 0 Å². The Labute approximate surface area is 176 Å². The van der Waals surface area contributed by atoms with Gasteiger partial charge in [0.05, 0.1) is 24.1 Å². The minimum Gasteiger partial charge on any atom is -0.483 e. The molecule has 0 radical (unpaired) electrons. The highest BCUT2D eigenvalue weighted by Gasteiger charge is 2.32. The standard InChI is InChI=1S/C22H23NO6S/c1-22(2)15-17-7-6-8-19(20(17)29-22)28-14-5-4-13-23-30(25,26)18-11-9-16(10-12-18)21(24)27-3/h6-12,23H,13-15H2,1-3H3. The van der Waals surface area contributed by atoms with E-state index < -0.39 is 16.0 Å². The van der Waals surface area contributed by atoms with Crippen LogP contribution in [0, 0.1) is 11.8 Å². The van der Waals surface area contributed by atoms with Gasteiger partial charge in [-0.3, -0.25) is 0 Å². The van der Waals surface area contributed by atoms with Crippen LogP contribution in [0.5, 0.6) is 11.5 Å². The minimum absolute atomic E-state index is 0.0350. The molecule has 7 nitrogen and oxygen atoms in total. The lowest BCUT2D eigenvalue weighted by atomic mass is 10.0. The molecule has 1 N–H and O–H groups in total. The SMILES string of the molecule is COC(=O)c1ccc(S(=O)(=O)NCC#CCOc2cccc3c2OC(C)(C)C3)cc1. The molecule has 1 aliphatic heterocycles. The summed E-state index contributed by atoms with van der Waals surface area (Å²) in [6.07, 6.45) is 0.813. The summed E-state index contributed by atoms with van der Waals surface area (Å²) in [4.78, 5) is 11.5. The summed E-state index contributed by atoms with van der Waals surface area (Å²) >= 11 is 0. The van der Waals surface area contributed by atoms with Gasteiger partial charge in [0.25, 0.3) is 0 Å². The first kappa shape index (κ1) is 21.7. The van der Waals surface area contributed by atoms with E-state index >= 15 is 0 Å². The Morgan fingerprint density at radius 3 is 2.60 bits per heavy atom. The smallest absolute Gasteiger partial charge is 0.337 e. The third-order valence-corrected chi connectivity index (χ3v) is 5.83. The van der Waals surface area contributed by atoms with Gasteiger partial charge in [0.1, 0.15) is 12.2 Å². The fourth-order valence-electron chi connectivity index (χ4n) is 3.03. The van der Waals surface area contributed by atoms with Gasteiger partial charge < -0.3 is 14.2 Å². The molecule has 8 heteroatoms. The Balaban J connectivity index is 1.52. The molecule has 3 rings (SSSR count). The number of methoxy groups -OCH3 is 1. The average Bonchev–Trinajstić information content (AvgIpc) is 3.04.